The number of anilines is 1. The number of rotatable bonds is 3. The number of hydrogen-bond acceptors (Lipinski definition) is 5. The average molecular weight is 416 g/mol. The highest BCUT2D eigenvalue weighted by Crippen LogP contribution is 2.29. The molecule has 6 nitrogen and oxygen atoms in total. The second-order valence-electron chi connectivity index (χ2n) is 8.75. The number of benzene rings is 1. The van der Waals surface area contributed by atoms with Crippen LogP contribution in [0, 0.1) is 25.2 Å². The minimum Gasteiger partial charge on any atom is -0.364 e. The topological polar surface area (TPSA) is 65.2 Å². The summed E-state index contributed by atoms with van der Waals surface area (Å²) in [6, 6.07) is 14.3. The van der Waals surface area contributed by atoms with Crippen molar-refractivity contribution in [2.45, 2.75) is 46.3 Å². The number of piperazine rings is 1. The predicted molar refractivity (Wildman–Crippen MR) is 124 cm³/mol. The van der Waals surface area contributed by atoms with Gasteiger partial charge in [0.25, 0.3) is 5.56 Å². The number of nitriles is 1. The molecule has 3 aromatic rings. The third kappa shape index (κ3) is 3.82. The van der Waals surface area contributed by atoms with E-state index in [1.54, 1.807) is 23.7 Å². The van der Waals surface area contributed by atoms with Crippen molar-refractivity contribution < 1.29 is 0 Å². The van der Waals surface area contributed by atoms with E-state index in [4.69, 9.17) is 0 Å². The molecule has 31 heavy (non-hydrogen) atoms. The Morgan fingerprint density at radius 3 is 2.48 bits per heavy atom. The van der Waals surface area contributed by atoms with Crippen molar-refractivity contribution in [2.75, 3.05) is 18.0 Å². The molecule has 2 atom stereocenters. The molecular weight excluding hydrogens is 386 g/mol. The van der Waals surface area contributed by atoms with Gasteiger partial charge in [-0.25, -0.2) is 4.98 Å². The van der Waals surface area contributed by atoms with Crippen LogP contribution < -0.4 is 10.5 Å². The van der Waals surface area contributed by atoms with Crippen LogP contribution in [-0.4, -0.2) is 39.6 Å². The second kappa shape index (κ2) is 8.16. The summed E-state index contributed by atoms with van der Waals surface area (Å²) < 4.78 is 1.60. The first-order valence-corrected chi connectivity index (χ1v) is 10.8. The summed E-state index contributed by atoms with van der Waals surface area (Å²) in [5.74, 6) is 0. The van der Waals surface area contributed by atoms with Crippen molar-refractivity contribution in [2.24, 2.45) is 7.05 Å². The fourth-order valence-electron chi connectivity index (χ4n) is 4.65. The van der Waals surface area contributed by atoms with Crippen molar-refractivity contribution in [1.29, 1.82) is 5.26 Å². The van der Waals surface area contributed by atoms with E-state index >= 15 is 0 Å². The van der Waals surface area contributed by atoms with Crippen molar-refractivity contribution >= 4 is 16.7 Å². The zero-order valence-corrected chi connectivity index (χ0v) is 18.9. The lowest BCUT2D eigenvalue weighted by Crippen LogP contribution is -2.56. The summed E-state index contributed by atoms with van der Waals surface area (Å²) in [4.78, 5) is 22.0. The molecule has 1 fully saturated rings. The quantitative estimate of drug-likeness (QED) is 0.655. The molecule has 0 N–H and O–H groups in total. The van der Waals surface area contributed by atoms with Gasteiger partial charge in [-0.05, 0) is 56.5 Å². The molecule has 0 aliphatic carbocycles. The van der Waals surface area contributed by atoms with Crippen LogP contribution in [0.5, 0.6) is 0 Å². The minimum atomic E-state index is -0.0631. The summed E-state index contributed by atoms with van der Waals surface area (Å²) in [6.45, 7) is 11.4. The molecule has 1 aliphatic rings. The van der Waals surface area contributed by atoms with Gasteiger partial charge in [-0.2, -0.15) is 5.26 Å². The summed E-state index contributed by atoms with van der Waals surface area (Å²) in [7, 11) is 1.75. The SMILES string of the molecule is Cc1cccc(C)c1CN1C[C@H](C)N(c2cc(=O)n(C)c3ccc(C#N)nc23)C[C@H]1C. The maximum atomic E-state index is 12.7. The number of aryl methyl sites for hydroxylation is 3. The van der Waals surface area contributed by atoms with E-state index in [1.807, 2.05) is 6.07 Å². The Bertz CT molecular complexity index is 1220. The minimum absolute atomic E-state index is 0.0631. The first-order valence-electron chi connectivity index (χ1n) is 10.8. The van der Waals surface area contributed by atoms with Crippen molar-refractivity contribution in [3.63, 3.8) is 0 Å². The van der Waals surface area contributed by atoms with Crippen LogP contribution in [0.15, 0.2) is 41.2 Å². The van der Waals surface area contributed by atoms with Crippen LogP contribution >= 0.6 is 0 Å². The largest absolute Gasteiger partial charge is 0.364 e. The van der Waals surface area contributed by atoms with Gasteiger partial charge in [-0.1, -0.05) is 18.2 Å². The Morgan fingerprint density at radius 2 is 1.81 bits per heavy atom. The first-order chi connectivity index (χ1) is 14.8. The summed E-state index contributed by atoms with van der Waals surface area (Å²) in [5, 5.41) is 9.33. The van der Waals surface area contributed by atoms with E-state index in [2.05, 4.69) is 66.7 Å². The molecule has 1 saturated heterocycles. The van der Waals surface area contributed by atoms with E-state index in [9.17, 15) is 10.1 Å². The van der Waals surface area contributed by atoms with Crippen LogP contribution in [0.2, 0.25) is 0 Å². The van der Waals surface area contributed by atoms with Gasteiger partial charge >= 0.3 is 0 Å². The van der Waals surface area contributed by atoms with Gasteiger partial charge in [0, 0.05) is 44.8 Å². The maximum absolute atomic E-state index is 12.7. The number of aromatic nitrogens is 2. The zero-order chi connectivity index (χ0) is 22.3. The molecule has 0 bridgehead atoms. The molecule has 0 amide bonds. The molecule has 160 valence electrons. The Balaban J connectivity index is 1.69. The lowest BCUT2D eigenvalue weighted by atomic mass is 10.00. The fraction of sp³-hybridized carbons (Fsp3) is 0.400. The summed E-state index contributed by atoms with van der Waals surface area (Å²) in [6.07, 6.45) is 0. The number of hydrogen-bond donors (Lipinski definition) is 0. The van der Waals surface area contributed by atoms with Crippen molar-refractivity contribution in [3.8, 4) is 6.07 Å². The summed E-state index contributed by atoms with van der Waals surface area (Å²) >= 11 is 0. The summed E-state index contributed by atoms with van der Waals surface area (Å²) in [5.41, 5.74) is 6.63. The monoisotopic (exact) mass is 415 g/mol. The second-order valence-corrected chi connectivity index (χ2v) is 8.75. The van der Waals surface area contributed by atoms with Crippen LogP contribution in [0.25, 0.3) is 11.0 Å². The molecule has 0 saturated carbocycles. The molecular formula is C25H29N5O. The van der Waals surface area contributed by atoms with Crippen LogP contribution in [-0.2, 0) is 13.6 Å². The Hall–Kier alpha value is -3.17. The molecule has 4 rings (SSSR count). The molecule has 1 aromatic carbocycles. The van der Waals surface area contributed by atoms with Crippen molar-refractivity contribution in [3.05, 3.63) is 69.1 Å². The number of nitrogens with zero attached hydrogens (tertiary/aromatic N) is 5. The predicted octanol–water partition coefficient (Wildman–Crippen LogP) is 3.52. The van der Waals surface area contributed by atoms with Gasteiger partial charge in [0.1, 0.15) is 17.3 Å². The third-order valence-corrected chi connectivity index (χ3v) is 6.61. The van der Waals surface area contributed by atoms with Crippen LogP contribution in [0.4, 0.5) is 5.69 Å². The molecule has 1 aliphatic heterocycles. The smallest absolute Gasteiger partial charge is 0.252 e. The normalized spacial score (nSPS) is 19.5. The maximum Gasteiger partial charge on any atom is 0.252 e. The lowest BCUT2D eigenvalue weighted by molar-refractivity contribution is 0.157. The standard InChI is InChI=1S/C25H29N5O/c1-16-7-6-8-17(2)21(16)15-29-13-19(4)30(14-18(29)3)23-11-24(31)28(5)22-10-9-20(12-26)27-25(22)23/h6-11,18-19H,13-15H2,1-5H3/t18-,19+/m1/s1. The van der Waals surface area contributed by atoms with E-state index in [0.717, 1.165) is 30.8 Å². The van der Waals surface area contributed by atoms with Gasteiger partial charge in [-0.3, -0.25) is 9.69 Å². The molecule has 0 spiro atoms. The van der Waals surface area contributed by atoms with Crippen LogP contribution in [0.3, 0.4) is 0 Å². The molecule has 0 radical (unpaired) electrons. The van der Waals surface area contributed by atoms with E-state index in [1.165, 1.54) is 16.7 Å². The van der Waals surface area contributed by atoms with Gasteiger partial charge in [-0.15, -0.1) is 0 Å². The highest BCUT2D eigenvalue weighted by atomic mass is 16.1. The van der Waals surface area contributed by atoms with Gasteiger partial charge in [0.05, 0.1) is 11.2 Å². The van der Waals surface area contributed by atoms with Gasteiger partial charge in [0.2, 0.25) is 0 Å². The van der Waals surface area contributed by atoms with Gasteiger partial charge in [0.15, 0.2) is 0 Å². The Kier molecular flexibility index (Phi) is 5.55. The Labute approximate surface area is 183 Å². The highest BCUT2D eigenvalue weighted by Gasteiger charge is 2.31. The molecule has 0 unspecified atom stereocenters. The molecule has 3 heterocycles. The van der Waals surface area contributed by atoms with E-state index < -0.39 is 0 Å². The Morgan fingerprint density at radius 1 is 1.10 bits per heavy atom. The third-order valence-electron chi connectivity index (χ3n) is 6.61. The van der Waals surface area contributed by atoms with E-state index in [0.29, 0.717) is 17.3 Å². The zero-order valence-electron chi connectivity index (χ0n) is 18.9. The highest BCUT2D eigenvalue weighted by molar-refractivity contribution is 5.89. The first kappa shape index (κ1) is 21.1. The molecule has 2 aromatic heterocycles. The van der Waals surface area contributed by atoms with Crippen molar-refractivity contribution in [1.82, 2.24) is 14.5 Å². The van der Waals surface area contributed by atoms with Crippen LogP contribution in [0.1, 0.15) is 36.2 Å². The molecule has 6 heteroatoms. The number of pyridine rings is 2. The lowest BCUT2D eigenvalue weighted by Gasteiger charge is -2.45. The van der Waals surface area contributed by atoms with Gasteiger partial charge < -0.3 is 9.47 Å². The van der Waals surface area contributed by atoms with E-state index in [-0.39, 0.29) is 11.6 Å². The number of fused-ring (bicyclic) bond motifs is 1. The fourth-order valence-corrected chi connectivity index (χ4v) is 4.65. The average Bonchev–Trinajstić information content (AvgIpc) is 2.75.